The largest absolute Gasteiger partial charge is 0.465 e. The molecule has 6 nitrogen and oxygen atoms in total. The molecule has 0 amide bonds. The molecule has 0 N–H and O–H groups in total. The van der Waals surface area contributed by atoms with Crippen molar-refractivity contribution < 1.29 is 28.6 Å². The highest BCUT2D eigenvalue weighted by atomic mass is 16.6. The van der Waals surface area contributed by atoms with Crippen LogP contribution in [0.1, 0.15) is 86.4 Å². The number of carbonyl (C=O) groups is 3. The molecule has 6 rings (SSSR count). The average molecular weight is 571 g/mol. The Kier molecular flexibility index (Phi) is 7.31. The molecule has 0 heterocycles. The molecule has 4 fully saturated rings. The van der Waals surface area contributed by atoms with Crippen molar-refractivity contribution in [2.24, 2.45) is 34.0 Å². The molecule has 0 radical (unpaired) electrons. The molecular formula is C36H42O6. The van der Waals surface area contributed by atoms with Gasteiger partial charge < -0.3 is 14.2 Å². The molecule has 222 valence electrons. The van der Waals surface area contributed by atoms with Gasteiger partial charge in [0.2, 0.25) is 0 Å². The molecule has 2 aromatic rings. The van der Waals surface area contributed by atoms with E-state index < -0.39 is 11.5 Å². The number of esters is 3. The fraction of sp³-hybridized carbons (Fsp3) is 0.528. The molecule has 1 spiro atoms. The molecule has 2 bridgehead atoms. The molecule has 4 aliphatic carbocycles. The summed E-state index contributed by atoms with van der Waals surface area (Å²) < 4.78 is 18.5. The zero-order valence-corrected chi connectivity index (χ0v) is 25.0. The van der Waals surface area contributed by atoms with E-state index in [1.54, 1.807) is 24.3 Å². The Morgan fingerprint density at radius 2 is 1.43 bits per heavy atom. The van der Waals surface area contributed by atoms with E-state index in [2.05, 4.69) is 20.4 Å². The number of ether oxygens (including phenoxy) is 3. The van der Waals surface area contributed by atoms with E-state index in [1.165, 1.54) is 12.5 Å². The lowest BCUT2D eigenvalue weighted by atomic mass is 9.40. The van der Waals surface area contributed by atoms with Crippen LogP contribution in [0.5, 0.6) is 0 Å². The van der Waals surface area contributed by atoms with Gasteiger partial charge in [0.1, 0.15) is 18.8 Å². The summed E-state index contributed by atoms with van der Waals surface area (Å²) in [5.74, 6) is -0.248. The molecule has 1 unspecified atom stereocenters. The van der Waals surface area contributed by atoms with E-state index in [4.69, 9.17) is 14.2 Å². The minimum atomic E-state index is -0.658. The lowest BCUT2D eigenvalue weighted by Crippen LogP contribution is -2.66. The Morgan fingerprint density at radius 3 is 2.02 bits per heavy atom. The maximum absolute atomic E-state index is 13.5. The Morgan fingerprint density at radius 1 is 0.833 bits per heavy atom. The zero-order valence-electron chi connectivity index (χ0n) is 25.0. The van der Waals surface area contributed by atoms with Gasteiger partial charge in [0.25, 0.3) is 0 Å². The van der Waals surface area contributed by atoms with Crippen LogP contribution < -0.4 is 0 Å². The lowest BCUT2D eigenvalue weighted by Gasteiger charge is -2.66. The van der Waals surface area contributed by atoms with Gasteiger partial charge in [-0.05, 0) is 92.4 Å². The van der Waals surface area contributed by atoms with Gasteiger partial charge in [0.15, 0.2) is 0 Å². The standard InChI is InChI=1S/C36H42O6/c1-23-20-36-21-27(23)15-16-28(36)34(3)18-17-30(41-32(38)25-11-7-5-8-12-25)35(4,22-40-24(2)37)29(34)19-31(36)42-33(39)26-13-9-6-10-14-26/h5-14,27-31H,1,15-22H2,2-4H3/t27-,28-,29?,30+,31-,34-,35+,36-/m0/s1. The van der Waals surface area contributed by atoms with Crippen molar-refractivity contribution >= 4 is 17.9 Å². The molecule has 4 aliphatic rings. The molecule has 0 aromatic heterocycles. The summed E-state index contributed by atoms with van der Waals surface area (Å²) in [6, 6.07) is 18.2. The summed E-state index contributed by atoms with van der Waals surface area (Å²) in [6.07, 6.45) is 5.48. The smallest absolute Gasteiger partial charge is 0.338 e. The molecule has 2 aromatic carbocycles. The van der Waals surface area contributed by atoms with Crippen LogP contribution in [0.15, 0.2) is 72.8 Å². The third-order valence-corrected chi connectivity index (χ3v) is 11.5. The van der Waals surface area contributed by atoms with Crippen molar-refractivity contribution in [2.75, 3.05) is 6.61 Å². The minimum absolute atomic E-state index is 0.00119. The fourth-order valence-electron chi connectivity index (χ4n) is 9.61. The summed E-state index contributed by atoms with van der Waals surface area (Å²) in [7, 11) is 0. The van der Waals surface area contributed by atoms with Gasteiger partial charge >= 0.3 is 17.9 Å². The van der Waals surface area contributed by atoms with Gasteiger partial charge in [-0.2, -0.15) is 0 Å². The quantitative estimate of drug-likeness (QED) is 0.208. The van der Waals surface area contributed by atoms with Crippen LogP contribution in [0.4, 0.5) is 0 Å². The molecule has 4 saturated carbocycles. The predicted octanol–water partition coefficient (Wildman–Crippen LogP) is 7.19. The highest BCUT2D eigenvalue weighted by Gasteiger charge is 2.70. The molecular weight excluding hydrogens is 528 g/mol. The van der Waals surface area contributed by atoms with Crippen LogP contribution in [-0.2, 0) is 19.0 Å². The van der Waals surface area contributed by atoms with Crippen molar-refractivity contribution in [3.63, 3.8) is 0 Å². The Bertz CT molecular complexity index is 1370. The van der Waals surface area contributed by atoms with Gasteiger partial charge in [-0.15, -0.1) is 0 Å². The van der Waals surface area contributed by atoms with E-state index in [9.17, 15) is 14.4 Å². The first-order chi connectivity index (χ1) is 20.1. The van der Waals surface area contributed by atoms with Crippen molar-refractivity contribution in [3.05, 3.63) is 83.9 Å². The van der Waals surface area contributed by atoms with E-state index in [-0.39, 0.29) is 47.4 Å². The SMILES string of the molecule is C=C1C[C@]23C[C@@H]1CC[C@H]2[C@]1(C)CC[C@@H](OC(=O)c2ccccc2)[C@](C)(COC(C)=O)C1C[C@@H]3OC(=O)c1ccccc1. The van der Waals surface area contributed by atoms with Crippen molar-refractivity contribution in [1.29, 1.82) is 0 Å². The molecule has 6 heteroatoms. The third-order valence-electron chi connectivity index (χ3n) is 11.5. The van der Waals surface area contributed by atoms with Crippen LogP contribution in [0.2, 0.25) is 0 Å². The number of rotatable bonds is 6. The predicted molar refractivity (Wildman–Crippen MR) is 158 cm³/mol. The number of allylic oxidation sites excluding steroid dienone is 1. The van der Waals surface area contributed by atoms with E-state index >= 15 is 0 Å². The number of hydrogen-bond donors (Lipinski definition) is 0. The highest BCUT2D eigenvalue weighted by molar-refractivity contribution is 5.90. The number of benzene rings is 2. The summed E-state index contributed by atoms with van der Waals surface area (Å²) in [5, 5.41) is 0. The Hall–Kier alpha value is -3.41. The average Bonchev–Trinajstić information content (AvgIpc) is 3.24. The van der Waals surface area contributed by atoms with Crippen LogP contribution in [-0.4, -0.2) is 36.7 Å². The van der Waals surface area contributed by atoms with Gasteiger partial charge in [0, 0.05) is 17.8 Å². The Balaban J connectivity index is 1.38. The first kappa shape index (κ1) is 28.7. The van der Waals surface area contributed by atoms with Crippen LogP contribution in [0.25, 0.3) is 0 Å². The molecule has 0 saturated heterocycles. The number of hydrogen-bond acceptors (Lipinski definition) is 6. The second kappa shape index (κ2) is 10.7. The maximum atomic E-state index is 13.5. The van der Waals surface area contributed by atoms with Gasteiger partial charge in [-0.3, -0.25) is 4.79 Å². The third kappa shape index (κ3) is 4.67. The van der Waals surface area contributed by atoms with Gasteiger partial charge in [-0.25, -0.2) is 9.59 Å². The fourth-order valence-corrected chi connectivity index (χ4v) is 9.61. The molecule has 0 aliphatic heterocycles. The first-order valence-electron chi connectivity index (χ1n) is 15.4. The lowest BCUT2D eigenvalue weighted by molar-refractivity contribution is -0.232. The van der Waals surface area contributed by atoms with Crippen molar-refractivity contribution in [1.82, 2.24) is 0 Å². The topological polar surface area (TPSA) is 78.9 Å². The number of carbonyl (C=O) groups excluding carboxylic acids is 3. The first-order valence-corrected chi connectivity index (χ1v) is 15.4. The van der Waals surface area contributed by atoms with E-state index in [0.29, 0.717) is 35.8 Å². The van der Waals surface area contributed by atoms with Gasteiger partial charge in [0.05, 0.1) is 11.1 Å². The zero-order chi connectivity index (χ0) is 29.7. The van der Waals surface area contributed by atoms with Crippen molar-refractivity contribution in [2.45, 2.75) is 77.9 Å². The minimum Gasteiger partial charge on any atom is -0.465 e. The van der Waals surface area contributed by atoms with Gasteiger partial charge in [-0.1, -0.05) is 62.4 Å². The summed E-state index contributed by atoms with van der Waals surface area (Å²) in [4.78, 5) is 39.0. The van der Waals surface area contributed by atoms with Crippen LogP contribution in [0, 0.1) is 34.0 Å². The van der Waals surface area contributed by atoms with Crippen molar-refractivity contribution in [3.8, 4) is 0 Å². The Labute approximate surface area is 248 Å². The summed E-state index contributed by atoms with van der Waals surface area (Å²) in [6.45, 7) is 10.5. The van der Waals surface area contributed by atoms with E-state index in [0.717, 1.165) is 32.1 Å². The number of fused-ring (bicyclic) bond motifs is 3. The second-order valence-corrected chi connectivity index (χ2v) is 13.7. The normalized spacial score (nSPS) is 36.7. The second-order valence-electron chi connectivity index (χ2n) is 13.7. The monoisotopic (exact) mass is 570 g/mol. The van der Waals surface area contributed by atoms with E-state index in [1.807, 2.05) is 36.4 Å². The maximum Gasteiger partial charge on any atom is 0.338 e. The highest BCUT2D eigenvalue weighted by Crippen LogP contribution is 2.73. The molecule has 42 heavy (non-hydrogen) atoms. The summed E-state index contributed by atoms with van der Waals surface area (Å²) in [5.41, 5.74) is 1.41. The van der Waals surface area contributed by atoms with Crippen LogP contribution >= 0.6 is 0 Å². The molecule has 8 atom stereocenters. The van der Waals surface area contributed by atoms with Crippen LogP contribution in [0.3, 0.4) is 0 Å². The summed E-state index contributed by atoms with van der Waals surface area (Å²) >= 11 is 0.